The third-order valence-corrected chi connectivity index (χ3v) is 5.01. The summed E-state index contributed by atoms with van der Waals surface area (Å²) in [6, 6.07) is 0.929. The molecule has 0 aliphatic heterocycles. The second-order valence-electron chi connectivity index (χ2n) is 6.23. The molecule has 0 saturated heterocycles. The van der Waals surface area contributed by atoms with Gasteiger partial charge in [0.15, 0.2) is 5.75 Å². The van der Waals surface area contributed by atoms with Crippen LogP contribution in [0.3, 0.4) is 0 Å². The number of thioether (sulfide) groups is 1. The molecule has 15 heteroatoms. The Kier molecular flexibility index (Phi) is 9.86. The number of carboxylic acids is 2. The Morgan fingerprint density at radius 1 is 1.28 bits per heavy atom. The van der Waals surface area contributed by atoms with Crippen molar-refractivity contribution >= 4 is 41.2 Å². The van der Waals surface area contributed by atoms with Gasteiger partial charge in [-0.15, -0.1) is 11.8 Å². The van der Waals surface area contributed by atoms with Crippen molar-refractivity contribution in [2.75, 3.05) is 12.3 Å². The van der Waals surface area contributed by atoms with Gasteiger partial charge in [-0.05, 0) is 6.42 Å². The summed E-state index contributed by atoms with van der Waals surface area (Å²) < 4.78 is 0. The molecule has 14 nitrogen and oxygen atoms in total. The average Bonchev–Trinajstić information content (AvgIpc) is 2.72. The number of hydrogen-bond acceptors (Lipinski definition) is 10. The van der Waals surface area contributed by atoms with E-state index in [4.69, 9.17) is 15.9 Å². The summed E-state index contributed by atoms with van der Waals surface area (Å²) in [7, 11) is 0. The van der Waals surface area contributed by atoms with E-state index in [-0.39, 0.29) is 29.1 Å². The Balaban J connectivity index is 2.98. The number of nitrogens with one attached hydrogen (secondary N) is 2. The van der Waals surface area contributed by atoms with Gasteiger partial charge in [-0.2, -0.15) is 5.26 Å². The Morgan fingerprint density at radius 3 is 2.47 bits per heavy atom. The van der Waals surface area contributed by atoms with E-state index in [9.17, 15) is 39.7 Å². The van der Waals surface area contributed by atoms with Crippen LogP contribution in [-0.4, -0.2) is 68.4 Å². The molecule has 2 atom stereocenters. The van der Waals surface area contributed by atoms with Crippen molar-refractivity contribution in [3.05, 3.63) is 27.8 Å². The van der Waals surface area contributed by atoms with Crippen molar-refractivity contribution in [1.82, 2.24) is 10.6 Å². The molecule has 0 unspecified atom stereocenters. The average molecular weight is 469 g/mol. The van der Waals surface area contributed by atoms with Gasteiger partial charge in [0.1, 0.15) is 24.7 Å². The number of nitrogens with two attached hydrogens (primary N) is 1. The summed E-state index contributed by atoms with van der Waals surface area (Å²) in [5.41, 5.74) is 4.47. The lowest BCUT2D eigenvalue weighted by Gasteiger charge is -2.18. The van der Waals surface area contributed by atoms with Crippen LogP contribution in [0.2, 0.25) is 0 Å². The lowest BCUT2D eigenvalue weighted by molar-refractivity contribution is -0.385. The molecule has 32 heavy (non-hydrogen) atoms. The van der Waals surface area contributed by atoms with Crippen molar-refractivity contribution in [2.24, 2.45) is 5.73 Å². The number of rotatable bonds is 12. The van der Waals surface area contributed by atoms with Gasteiger partial charge in [-0.25, -0.2) is 0 Å². The zero-order valence-corrected chi connectivity index (χ0v) is 17.1. The van der Waals surface area contributed by atoms with Crippen LogP contribution in [-0.2, 0) is 19.2 Å². The molecule has 0 saturated carbocycles. The number of phenolic OH excluding ortho intramolecular Hbond substituents is 1. The highest BCUT2D eigenvalue weighted by molar-refractivity contribution is 7.99. The number of carbonyl (C=O) groups is 4. The number of nitro groups is 1. The minimum Gasteiger partial charge on any atom is -0.502 e. The van der Waals surface area contributed by atoms with E-state index >= 15 is 0 Å². The molecule has 1 rings (SSSR count). The first-order valence-electron chi connectivity index (χ1n) is 8.77. The van der Waals surface area contributed by atoms with Crippen LogP contribution in [0.25, 0.3) is 0 Å². The summed E-state index contributed by atoms with van der Waals surface area (Å²) >= 11 is 0.801. The summed E-state index contributed by atoms with van der Waals surface area (Å²) in [6.45, 7) is -0.735. The number of aromatic hydroxyl groups is 1. The quantitative estimate of drug-likeness (QED) is 0.124. The fourth-order valence-electron chi connectivity index (χ4n) is 2.23. The smallest absolute Gasteiger partial charge is 0.322 e. The standard InChI is InChI=1S/C17H19N5O9S/c18-5-8-3-11(22(30)31)12(23)4-13(8)32-7-10(16(27)20-6-15(25)26)21-14(24)2-1-9(19)17(28)29/h3-4,9-10,23H,1-2,6-7,19H2,(H,20,27)(H,21,24)(H,25,26)(H,28,29)/t9-,10-/m0/s1. The zero-order valence-electron chi connectivity index (χ0n) is 16.3. The summed E-state index contributed by atoms with van der Waals surface area (Å²) in [5, 5.41) is 51.7. The minimum absolute atomic E-state index is 0.0776. The van der Waals surface area contributed by atoms with Crippen LogP contribution < -0.4 is 16.4 Å². The molecule has 172 valence electrons. The first-order chi connectivity index (χ1) is 15.0. The number of amides is 2. The fourth-order valence-corrected chi connectivity index (χ4v) is 3.27. The van der Waals surface area contributed by atoms with Crippen molar-refractivity contribution in [1.29, 1.82) is 5.26 Å². The van der Waals surface area contributed by atoms with Gasteiger partial charge in [-0.3, -0.25) is 29.3 Å². The second kappa shape index (κ2) is 12.1. The lowest BCUT2D eigenvalue weighted by atomic mass is 10.1. The number of carboxylic acid groups (broad SMARTS) is 2. The predicted octanol–water partition coefficient (Wildman–Crippen LogP) is -0.858. The number of nitriles is 1. The van der Waals surface area contributed by atoms with Crippen molar-refractivity contribution in [3.63, 3.8) is 0 Å². The second-order valence-corrected chi connectivity index (χ2v) is 7.29. The van der Waals surface area contributed by atoms with E-state index in [2.05, 4.69) is 10.6 Å². The lowest BCUT2D eigenvalue weighted by Crippen LogP contribution is -2.49. The topological polar surface area (TPSA) is 246 Å². The van der Waals surface area contributed by atoms with Crippen LogP contribution in [0.5, 0.6) is 5.75 Å². The minimum atomic E-state index is -1.34. The van der Waals surface area contributed by atoms with Crippen LogP contribution in [0, 0.1) is 21.4 Å². The Hall–Kier alpha value is -3.90. The molecule has 0 aliphatic carbocycles. The normalized spacial score (nSPS) is 12.1. The molecule has 0 heterocycles. The number of nitrogens with zero attached hydrogens (tertiary/aromatic N) is 2. The van der Waals surface area contributed by atoms with Crippen LogP contribution >= 0.6 is 11.8 Å². The zero-order chi connectivity index (χ0) is 24.4. The van der Waals surface area contributed by atoms with Crippen molar-refractivity contribution < 1.29 is 39.4 Å². The molecule has 2 amide bonds. The van der Waals surface area contributed by atoms with Gasteiger partial charge >= 0.3 is 17.6 Å². The van der Waals surface area contributed by atoms with Gasteiger partial charge in [0.25, 0.3) is 0 Å². The third-order valence-electron chi connectivity index (χ3n) is 3.86. The SMILES string of the molecule is N#Cc1cc([N+](=O)[O-])c(O)cc1SC[C@H](NC(=O)CC[C@H](N)C(=O)O)C(=O)NCC(=O)O. The number of phenols is 1. The highest BCUT2D eigenvalue weighted by Crippen LogP contribution is 2.34. The van der Waals surface area contributed by atoms with Crippen LogP contribution in [0.1, 0.15) is 18.4 Å². The fraction of sp³-hybridized carbons (Fsp3) is 0.353. The van der Waals surface area contributed by atoms with Gasteiger partial charge in [0.2, 0.25) is 11.8 Å². The maximum atomic E-state index is 12.3. The summed E-state index contributed by atoms with van der Waals surface area (Å²) in [6.07, 6.45) is -0.546. The Morgan fingerprint density at radius 2 is 1.94 bits per heavy atom. The number of benzene rings is 1. The van der Waals surface area contributed by atoms with Gasteiger partial charge in [0, 0.05) is 29.2 Å². The highest BCUT2D eigenvalue weighted by atomic mass is 32.2. The molecular formula is C17H19N5O9S. The molecule has 0 spiro atoms. The molecule has 0 fully saturated rings. The Labute approximate surface area is 184 Å². The monoisotopic (exact) mass is 469 g/mol. The largest absolute Gasteiger partial charge is 0.502 e. The Bertz CT molecular complexity index is 962. The summed E-state index contributed by atoms with van der Waals surface area (Å²) in [5.74, 6) is -5.21. The third kappa shape index (κ3) is 8.08. The number of nitro benzene ring substituents is 1. The molecule has 0 aromatic heterocycles. The number of hydrogen-bond donors (Lipinski definition) is 6. The van der Waals surface area contributed by atoms with Gasteiger partial charge < -0.3 is 31.7 Å². The van der Waals surface area contributed by atoms with Gasteiger partial charge in [-0.1, -0.05) is 0 Å². The van der Waals surface area contributed by atoms with E-state index in [1.165, 1.54) is 0 Å². The predicted molar refractivity (Wildman–Crippen MR) is 108 cm³/mol. The highest BCUT2D eigenvalue weighted by Gasteiger charge is 2.24. The molecule has 0 aliphatic rings. The van der Waals surface area contributed by atoms with Crippen LogP contribution in [0.4, 0.5) is 5.69 Å². The van der Waals surface area contributed by atoms with E-state index in [0.717, 1.165) is 23.9 Å². The summed E-state index contributed by atoms with van der Waals surface area (Å²) in [4.78, 5) is 55.9. The molecule has 0 radical (unpaired) electrons. The van der Waals surface area contributed by atoms with Crippen molar-refractivity contribution in [3.8, 4) is 11.8 Å². The first-order valence-corrected chi connectivity index (χ1v) is 9.76. The van der Waals surface area contributed by atoms with E-state index in [1.54, 1.807) is 6.07 Å². The molecule has 1 aromatic rings. The maximum absolute atomic E-state index is 12.3. The van der Waals surface area contributed by atoms with E-state index in [1.807, 2.05) is 0 Å². The molecule has 0 bridgehead atoms. The van der Waals surface area contributed by atoms with Crippen molar-refractivity contribution in [2.45, 2.75) is 29.8 Å². The number of carbonyl (C=O) groups excluding carboxylic acids is 2. The first kappa shape index (κ1) is 26.1. The van der Waals surface area contributed by atoms with Crippen LogP contribution in [0.15, 0.2) is 17.0 Å². The molecular weight excluding hydrogens is 450 g/mol. The van der Waals surface area contributed by atoms with E-state index < -0.39 is 58.7 Å². The van der Waals surface area contributed by atoms with Gasteiger partial charge in [0.05, 0.1) is 10.5 Å². The van der Waals surface area contributed by atoms with E-state index in [0.29, 0.717) is 0 Å². The number of aliphatic carboxylic acids is 2. The molecule has 7 N–H and O–H groups in total. The molecule has 1 aromatic carbocycles. The maximum Gasteiger partial charge on any atom is 0.322 e.